The van der Waals surface area contributed by atoms with E-state index in [4.69, 9.17) is 15.0 Å². The van der Waals surface area contributed by atoms with E-state index in [9.17, 15) is 19.2 Å². The predicted octanol–water partition coefficient (Wildman–Crippen LogP) is 1.60. The molecule has 3 rings (SSSR count). The summed E-state index contributed by atoms with van der Waals surface area (Å²) in [6.45, 7) is 2.96. The van der Waals surface area contributed by atoms with Gasteiger partial charge in [-0.15, -0.1) is 11.8 Å². The van der Waals surface area contributed by atoms with Crippen molar-refractivity contribution in [3.63, 3.8) is 0 Å². The van der Waals surface area contributed by atoms with Gasteiger partial charge in [-0.1, -0.05) is 17.3 Å². The van der Waals surface area contributed by atoms with Gasteiger partial charge in [-0.3, -0.25) is 18.7 Å². The Balaban J connectivity index is 1.76. The van der Waals surface area contributed by atoms with E-state index in [-0.39, 0.29) is 11.4 Å². The normalized spacial score (nSPS) is 10.9. The number of esters is 1. The Morgan fingerprint density at radius 1 is 1.16 bits per heavy atom. The van der Waals surface area contributed by atoms with Gasteiger partial charge >= 0.3 is 11.7 Å². The number of ether oxygens (including phenoxy) is 1. The first kappa shape index (κ1) is 23.1. The Morgan fingerprint density at radius 2 is 1.84 bits per heavy atom. The lowest BCUT2D eigenvalue weighted by Gasteiger charge is -2.12. The van der Waals surface area contributed by atoms with E-state index in [1.54, 1.807) is 24.3 Å². The molecule has 0 aliphatic heterocycles. The molecule has 0 saturated carbocycles. The molecule has 2 N–H and O–H groups in total. The number of aryl methyl sites for hydroxylation is 2. The summed E-state index contributed by atoms with van der Waals surface area (Å²) in [6.07, 6.45) is 0. The van der Waals surface area contributed by atoms with E-state index in [1.807, 2.05) is 13.8 Å². The first-order chi connectivity index (χ1) is 15.1. The zero-order valence-corrected chi connectivity index (χ0v) is 18.8. The number of Topliss-reactive ketones (excluding diaryl/α,β-unsaturated/α-hetero) is 1. The van der Waals surface area contributed by atoms with E-state index in [0.29, 0.717) is 16.4 Å². The van der Waals surface area contributed by atoms with Gasteiger partial charge in [-0.25, -0.2) is 9.59 Å². The maximum absolute atomic E-state index is 12.7. The van der Waals surface area contributed by atoms with Crippen molar-refractivity contribution in [2.75, 3.05) is 12.3 Å². The third kappa shape index (κ3) is 4.37. The van der Waals surface area contributed by atoms with Gasteiger partial charge in [0.05, 0.1) is 11.3 Å². The molecule has 3 aromatic rings. The Labute approximate surface area is 187 Å². The molecule has 168 valence electrons. The molecule has 0 fully saturated rings. The van der Waals surface area contributed by atoms with E-state index in [1.165, 1.54) is 25.9 Å². The number of benzene rings is 1. The molecule has 0 aliphatic carbocycles. The summed E-state index contributed by atoms with van der Waals surface area (Å²) in [4.78, 5) is 50.1. The second-order valence-corrected chi connectivity index (χ2v) is 8.07. The predicted molar refractivity (Wildman–Crippen MR) is 118 cm³/mol. The van der Waals surface area contributed by atoms with Gasteiger partial charge in [0.25, 0.3) is 5.56 Å². The fourth-order valence-corrected chi connectivity index (χ4v) is 4.22. The van der Waals surface area contributed by atoms with Crippen LogP contribution in [-0.2, 0) is 24.6 Å². The van der Waals surface area contributed by atoms with Crippen LogP contribution in [0, 0.1) is 13.8 Å². The highest BCUT2D eigenvalue weighted by Crippen LogP contribution is 2.29. The van der Waals surface area contributed by atoms with Gasteiger partial charge in [0, 0.05) is 30.3 Å². The number of aromatic nitrogens is 3. The standard InChI is InChI=1S/C21H22N4O6S/c1-11-14(12(2)31-23-11)10-32-16-8-6-5-7-13(16)20(28)30-9-15(26)17-18(22)24(3)21(29)25(4)19(17)27/h5-8H,9-10,22H2,1-4H3. The molecule has 0 atom stereocenters. The third-order valence-corrected chi connectivity index (χ3v) is 6.08. The number of nitrogens with two attached hydrogens (primary N) is 1. The smallest absolute Gasteiger partial charge is 0.339 e. The number of thioether (sulfide) groups is 1. The van der Waals surface area contributed by atoms with Crippen LogP contribution in [0.1, 0.15) is 37.7 Å². The molecule has 0 aliphatic rings. The number of ketones is 1. The fraction of sp³-hybridized carbons (Fsp3) is 0.286. The Morgan fingerprint density at radius 3 is 2.50 bits per heavy atom. The lowest BCUT2D eigenvalue weighted by molar-refractivity contribution is 0.0470. The molecule has 0 bridgehead atoms. The van der Waals surface area contributed by atoms with Crippen molar-refractivity contribution in [1.29, 1.82) is 0 Å². The number of nitrogen functional groups attached to an aromatic ring is 1. The van der Waals surface area contributed by atoms with Gasteiger partial charge in [0.15, 0.2) is 6.61 Å². The Hall–Kier alpha value is -3.60. The van der Waals surface area contributed by atoms with Crippen LogP contribution in [0.5, 0.6) is 0 Å². The highest BCUT2D eigenvalue weighted by Gasteiger charge is 2.22. The van der Waals surface area contributed by atoms with Gasteiger partial charge < -0.3 is 15.0 Å². The number of hydrogen-bond acceptors (Lipinski definition) is 9. The molecule has 0 amide bonds. The number of carbonyl (C=O) groups is 2. The minimum absolute atomic E-state index is 0.276. The van der Waals surface area contributed by atoms with Gasteiger partial charge in [-0.05, 0) is 26.0 Å². The maximum Gasteiger partial charge on any atom is 0.339 e. The summed E-state index contributed by atoms with van der Waals surface area (Å²) >= 11 is 1.41. The van der Waals surface area contributed by atoms with E-state index in [0.717, 1.165) is 20.4 Å². The average molecular weight is 458 g/mol. The van der Waals surface area contributed by atoms with E-state index >= 15 is 0 Å². The monoisotopic (exact) mass is 458 g/mol. The SMILES string of the molecule is Cc1noc(C)c1CSc1ccccc1C(=O)OCC(=O)c1c(N)n(C)c(=O)n(C)c1=O. The summed E-state index contributed by atoms with van der Waals surface area (Å²) in [5, 5.41) is 3.92. The average Bonchev–Trinajstić information content (AvgIpc) is 3.10. The van der Waals surface area contributed by atoms with Crippen molar-refractivity contribution in [3.8, 4) is 0 Å². The molecule has 0 spiro atoms. The number of anilines is 1. The lowest BCUT2D eigenvalue weighted by atomic mass is 10.2. The summed E-state index contributed by atoms with van der Waals surface area (Å²) < 4.78 is 12.1. The van der Waals surface area contributed by atoms with Crippen LogP contribution < -0.4 is 17.0 Å². The third-order valence-electron chi connectivity index (χ3n) is 4.98. The molecule has 0 radical (unpaired) electrons. The topological polar surface area (TPSA) is 139 Å². The second kappa shape index (κ2) is 9.27. The molecule has 10 nitrogen and oxygen atoms in total. The Bertz CT molecular complexity index is 1300. The first-order valence-electron chi connectivity index (χ1n) is 9.52. The zero-order chi connectivity index (χ0) is 23.6. The maximum atomic E-state index is 12.7. The largest absolute Gasteiger partial charge is 0.454 e. The molecular formula is C21H22N4O6S. The van der Waals surface area contributed by atoms with Crippen molar-refractivity contribution < 1.29 is 18.8 Å². The molecule has 11 heteroatoms. The molecular weight excluding hydrogens is 436 g/mol. The van der Waals surface area contributed by atoms with Gasteiger partial charge in [-0.2, -0.15) is 0 Å². The minimum atomic E-state index is -0.845. The minimum Gasteiger partial charge on any atom is -0.454 e. The second-order valence-electron chi connectivity index (χ2n) is 7.05. The molecule has 2 aromatic heterocycles. The molecule has 1 aromatic carbocycles. The van der Waals surface area contributed by atoms with Crippen molar-refractivity contribution >= 4 is 29.3 Å². The van der Waals surface area contributed by atoms with Crippen molar-refractivity contribution in [2.24, 2.45) is 14.1 Å². The van der Waals surface area contributed by atoms with Crippen molar-refractivity contribution in [1.82, 2.24) is 14.3 Å². The van der Waals surface area contributed by atoms with Crippen molar-refractivity contribution in [3.05, 3.63) is 73.2 Å². The summed E-state index contributed by atoms with van der Waals surface area (Å²) in [5.41, 5.74) is 5.86. The highest BCUT2D eigenvalue weighted by molar-refractivity contribution is 7.98. The highest BCUT2D eigenvalue weighted by atomic mass is 32.2. The van der Waals surface area contributed by atoms with Gasteiger partial charge in [0.2, 0.25) is 5.78 Å². The number of rotatable bonds is 7. The molecule has 32 heavy (non-hydrogen) atoms. The first-order valence-corrected chi connectivity index (χ1v) is 10.5. The van der Waals surface area contributed by atoms with Gasteiger partial charge in [0.1, 0.15) is 17.1 Å². The zero-order valence-electron chi connectivity index (χ0n) is 18.0. The number of carbonyl (C=O) groups excluding carboxylic acids is 2. The van der Waals surface area contributed by atoms with Crippen LogP contribution >= 0.6 is 11.8 Å². The van der Waals surface area contributed by atoms with Crippen molar-refractivity contribution in [2.45, 2.75) is 24.5 Å². The summed E-state index contributed by atoms with van der Waals surface area (Å²) in [7, 11) is 2.58. The van der Waals surface area contributed by atoms with Crippen LogP contribution in [0.3, 0.4) is 0 Å². The van der Waals surface area contributed by atoms with E-state index in [2.05, 4.69) is 5.16 Å². The lowest BCUT2D eigenvalue weighted by Crippen LogP contribution is -2.42. The Kier molecular flexibility index (Phi) is 6.68. The molecule has 0 unspecified atom stereocenters. The number of hydrogen-bond donors (Lipinski definition) is 1. The number of nitrogens with zero attached hydrogens (tertiary/aromatic N) is 3. The molecule has 0 saturated heterocycles. The van der Waals surface area contributed by atoms with Crippen LogP contribution in [0.4, 0.5) is 5.82 Å². The summed E-state index contributed by atoms with van der Waals surface area (Å²) in [5.74, 6) is -0.561. The molecule has 2 heterocycles. The van der Waals surface area contributed by atoms with Crippen LogP contribution in [0.2, 0.25) is 0 Å². The van der Waals surface area contributed by atoms with Crippen LogP contribution in [0.25, 0.3) is 0 Å². The summed E-state index contributed by atoms with van der Waals surface area (Å²) in [6, 6.07) is 6.82. The van der Waals surface area contributed by atoms with Crippen LogP contribution in [0.15, 0.2) is 43.3 Å². The fourth-order valence-electron chi connectivity index (χ4n) is 3.02. The van der Waals surface area contributed by atoms with E-state index < -0.39 is 35.2 Å². The quantitative estimate of drug-likeness (QED) is 0.318. The van der Waals surface area contributed by atoms with Crippen LogP contribution in [-0.4, -0.2) is 32.7 Å².